The van der Waals surface area contributed by atoms with Gasteiger partial charge in [0.1, 0.15) is 12.4 Å². The Morgan fingerprint density at radius 3 is 2.57 bits per heavy atom. The monoisotopic (exact) mass is 407 g/mol. The summed E-state index contributed by atoms with van der Waals surface area (Å²) in [7, 11) is 0. The SMILES string of the molecule is CC(C)(CNc1nc(CN2CCN(C(=O)CO)CC2)ns1)c1ccc(F)cc1. The standard InChI is InChI=1S/C19H26FN5O2S/c1-19(2,14-3-5-15(20)6-4-14)13-21-18-22-16(23-28-18)11-24-7-9-25(10-8-24)17(27)12-26/h3-6,26H,7-13H2,1-2H3,(H,21,22,23). The molecule has 2 aromatic rings. The lowest BCUT2D eigenvalue weighted by molar-refractivity contribution is -0.136. The second-order valence-electron chi connectivity index (χ2n) is 7.58. The zero-order chi connectivity index (χ0) is 20.1. The molecule has 152 valence electrons. The van der Waals surface area contributed by atoms with Crippen LogP contribution in [0.2, 0.25) is 0 Å². The molecule has 7 nitrogen and oxygen atoms in total. The third-order valence-electron chi connectivity index (χ3n) is 5.00. The Morgan fingerprint density at radius 2 is 1.93 bits per heavy atom. The Labute approximate surface area is 168 Å². The first-order valence-electron chi connectivity index (χ1n) is 9.31. The molecule has 1 aliphatic heterocycles. The van der Waals surface area contributed by atoms with Crippen molar-refractivity contribution in [3.05, 3.63) is 41.5 Å². The van der Waals surface area contributed by atoms with Gasteiger partial charge >= 0.3 is 0 Å². The molecule has 0 unspecified atom stereocenters. The highest BCUT2D eigenvalue weighted by Gasteiger charge is 2.23. The highest BCUT2D eigenvalue weighted by Crippen LogP contribution is 2.24. The maximum absolute atomic E-state index is 13.1. The van der Waals surface area contributed by atoms with Crippen LogP contribution in [0.15, 0.2) is 24.3 Å². The number of hydrogen-bond donors (Lipinski definition) is 2. The predicted molar refractivity (Wildman–Crippen MR) is 107 cm³/mol. The van der Waals surface area contributed by atoms with E-state index < -0.39 is 6.61 Å². The maximum atomic E-state index is 13.1. The first-order valence-corrected chi connectivity index (χ1v) is 10.1. The number of halogens is 1. The van der Waals surface area contributed by atoms with Gasteiger partial charge in [-0.3, -0.25) is 9.69 Å². The van der Waals surface area contributed by atoms with Crippen LogP contribution in [0.25, 0.3) is 0 Å². The molecular weight excluding hydrogens is 381 g/mol. The first kappa shape index (κ1) is 20.6. The fourth-order valence-corrected chi connectivity index (χ4v) is 3.72. The largest absolute Gasteiger partial charge is 0.387 e. The topological polar surface area (TPSA) is 81.6 Å². The van der Waals surface area contributed by atoms with Gasteiger partial charge < -0.3 is 15.3 Å². The van der Waals surface area contributed by atoms with E-state index in [0.717, 1.165) is 29.6 Å². The molecule has 0 saturated carbocycles. The molecule has 2 N–H and O–H groups in total. The summed E-state index contributed by atoms with van der Waals surface area (Å²) in [6.45, 7) is 7.77. The molecule has 0 spiro atoms. The molecule has 28 heavy (non-hydrogen) atoms. The maximum Gasteiger partial charge on any atom is 0.248 e. The Hall–Kier alpha value is -2.10. The van der Waals surface area contributed by atoms with Crippen LogP contribution in [0.1, 0.15) is 25.2 Å². The van der Waals surface area contributed by atoms with Crippen molar-refractivity contribution in [1.29, 1.82) is 0 Å². The van der Waals surface area contributed by atoms with Gasteiger partial charge in [0.15, 0.2) is 5.82 Å². The summed E-state index contributed by atoms with van der Waals surface area (Å²) >= 11 is 1.33. The Balaban J connectivity index is 1.49. The minimum Gasteiger partial charge on any atom is -0.387 e. The molecule has 0 radical (unpaired) electrons. The average molecular weight is 408 g/mol. The molecule has 1 fully saturated rings. The van der Waals surface area contributed by atoms with Gasteiger partial charge in [-0.1, -0.05) is 26.0 Å². The van der Waals surface area contributed by atoms with Gasteiger partial charge in [0.05, 0.1) is 6.54 Å². The normalized spacial score (nSPS) is 15.6. The minimum atomic E-state index is -0.434. The number of amides is 1. The Kier molecular flexibility index (Phi) is 6.58. The van der Waals surface area contributed by atoms with E-state index in [2.05, 4.69) is 33.4 Å². The second-order valence-corrected chi connectivity index (χ2v) is 8.33. The number of carbonyl (C=O) groups is 1. The van der Waals surface area contributed by atoms with E-state index in [1.54, 1.807) is 4.90 Å². The molecule has 3 rings (SSSR count). The summed E-state index contributed by atoms with van der Waals surface area (Å²) in [5.41, 5.74) is 0.885. The van der Waals surface area contributed by atoms with E-state index in [-0.39, 0.29) is 17.1 Å². The highest BCUT2D eigenvalue weighted by atomic mass is 32.1. The quantitative estimate of drug-likeness (QED) is 0.727. The number of hydrogen-bond acceptors (Lipinski definition) is 7. The van der Waals surface area contributed by atoms with Crippen LogP contribution in [-0.2, 0) is 16.8 Å². The number of anilines is 1. The summed E-state index contributed by atoms with van der Waals surface area (Å²) in [6.07, 6.45) is 0. The van der Waals surface area contributed by atoms with Crippen LogP contribution in [0, 0.1) is 5.82 Å². The predicted octanol–water partition coefficient (Wildman–Crippen LogP) is 1.70. The van der Waals surface area contributed by atoms with Crippen LogP contribution >= 0.6 is 11.5 Å². The molecule has 1 aromatic carbocycles. The van der Waals surface area contributed by atoms with Crippen molar-refractivity contribution < 1.29 is 14.3 Å². The second kappa shape index (κ2) is 8.93. The summed E-state index contributed by atoms with van der Waals surface area (Å²) < 4.78 is 17.6. The molecule has 1 saturated heterocycles. The van der Waals surface area contributed by atoms with Gasteiger partial charge in [-0.15, -0.1) is 0 Å². The smallest absolute Gasteiger partial charge is 0.248 e. The van der Waals surface area contributed by atoms with Crippen molar-refractivity contribution in [2.45, 2.75) is 25.8 Å². The first-order chi connectivity index (χ1) is 13.4. The lowest BCUT2D eigenvalue weighted by Gasteiger charge is -2.33. The van der Waals surface area contributed by atoms with Crippen molar-refractivity contribution >= 4 is 22.6 Å². The van der Waals surface area contributed by atoms with Gasteiger partial charge in [-0.2, -0.15) is 4.37 Å². The lowest BCUT2D eigenvalue weighted by Crippen LogP contribution is -2.49. The zero-order valence-electron chi connectivity index (χ0n) is 16.2. The molecule has 1 aromatic heterocycles. The van der Waals surface area contributed by atoms with Gasteiger partial charge in [-0.25, -0.2) is 9.37 Å². The Morgan fingerprint density at radius 1 is 1.25 bits per heavy atom. The molecule has 9 heteroatoms. The van der Waals surface area contributed by atoms with E-state index in [1.165, 1.54) is 23.7 Å². The number of aromatic nitrogens is 2. The van der Waals surface area contributed by atoms with Crippen molar-refractivity contribution in [3.8, 4) is 0 Å². The number of nitrogens with one attached hydrogen (secondary N) is 1. The number of nitrogens with zero attached hydrogens (tertiary/aromatic N) is 4. The van der Waals surface area contributed by atoms with E-state index in [4.69, 9.17) is 5.11 Å². The van der Waals surface area contributed by atoms with E-state index >= 15 is 0 Å². The zero-order valence-corrected chi connectivity index (χ0v) is 17.0. The summed E-state index contributed by atoms with van der Waals surface area (Å²) in [4.78, 5) is 20.0. The highest BCUT2D eigenvalue weighted by molar-refractivity contribution is 7.09. The van der Waals surface area contributed by atoms with E-state index in [0.29, 0.717) is 26.2 Å². The molecule has 2 heterocycles. The van der Waals surface area contributed by atoms with Crippen molar-refractivity contribution in [2.24, 2.45) is 0 Å². The van der Waals surface area contributed by atoms with Gasteiger partial charge in [0.2, 0.25) is 11.0 Å². The summed E-state index contributed by atoms with van der Waals surface area (Å²) in [6, 6.07) is 6.58. The van der Waals surface area contributed by atoms with E-state index in [9.17, 15) is 9.18 Å². The molecule has 0 atom stereocenters. The van der Waals surface area contributed by atoms with Crippen LogP contribution in [-0.4, -0.2) is 69.5 Å². The van der Waals surface area contributed by atoms with Crippen molar-refractivity contribution in [3.63, 3.8) is 0 Å². The van der Waals surface area contributed by atoms with Gasteiger partial charge in [-0.05, 0) is 17.7 Å². The fraction of sp³-hybridized carbons (Fsp3) is 0.526. The molecular formula is C19H26FN5O2S. The number of piperazine rings is 1. The van der Waals surface area contributed by atoms with Crippen molar-refractivity contribution in [2.75, 3.05) is 44.6 Å². The Bertz CT molecular complexity index is 788. The molecule has 1 aliphatic rings. The molecule has 0 bridgehead atoms. The number of benzene rings is 1. The fourth-order valence-electron chi connectivity index (χ4n) is 3.15. The van der Waals surface area contributed by atoms with Crippen LogP contribution in [0.4, 0.5) is 9.52 Å². The van der Waals surface area contributed by atoms with Crippen LogP contribution < -0.4 is 5.32 Å². The van der Waals surface area contributed by atoms with Crippen LogP contribution in [0.5, 0.6) is 0 Å². The number of rotatable bonds is 7. The number of aliphatic hydroxyl groups is 1. The number of aliphatic hydroxyl groups excluding tert-OH is 1. The van der Waals surface area contributed by atoms with Crippen molar-refractivity contribution in [1.82, 2.24) is 19.2 Å². The summed E-state index contributed by atoms with van der Waals surface area (Å²) in [5, 5.41) is 13.0. The van der Waals surface area contributed by atoms with Gasteiger partial charge in [0.25, 0.3) is 0 Å². The minimum absolute atomic E-state index is 0.172. The molecule has 0 aliphatic carbocycles. The lowest BCUT2D eigenvalue weighted by atomic mass is 9.85. The third kappa shape index (κ3) is 5.24. The average Bonchev–Trinajstić information content (AvgIpc) is 3.14. The molecule has 1 amide bonds. The van der Waals surface area contributed by atoms with Crippen LogP contribution in [0.3, 0.4) is 0 Å². The van der Waals surface area contributed by atoms with E-state index in [1.807, 2.05) is 12.1 Å². The van der Waals surface area contributed by atoms with Gasteiger partial charge in [0, 0.05) is 49.7 Å². The third-order valence-corrected chi connectivity index (χ3v) is 5.71. The number of carbonyl (C=O) groups excluding carboxylic acids is 1. The summed E-state index contributed by atoms with van der Waals surface area (Å²) in [5.74, 6) is 0.304.